The van der Waals surface area contributed by atoms with Crippen molar-refractivity contribution in [2.45, 2.75) is 32.2 Å². The molecule has 0 spiro atoms. The van der Waals surface area contributed by atoms with Gasteiger partial charge in [0.15, 0.2) is 5.75 Å². The summed E-state index contributed by atoms with van der Waals surface area (Å²) in [6.07, 6.45) is 2.89. The Morgan fingerprint density at radius 3 is 2.90 bits per heavy atom. The van der Waals surface area contributed by atoms with Crippen molar-refractivity contribution < 1.29 is 4.74 Å². The zero-order valence-corrected chi connectivity index (χ0v) is 12.3. The molecule has 2 heterocycles. The van der Waals surface area contributed by atoms with Gasteiger partial charge in [-0.2, -0.15) is 5.10 Å². The minimum absolute atomic E-state index is 0.330. The van der Waals surface area contributed by atoms with Gasteiger partial charge in [-0.05, 0) is 31.9 Å². The Kier molecular flexibility index (Phi) is 3.38. The van der Waals surface area contributed by atoms with E-state index in [9.17, 15) is 0 Å². The Labute approximate surface area is 119 Å². The molecule has 0 radical (unpaired) electrons. The molecular weight excluding hydrogens is 250 g/mol. The molecule has 0 aliphatic carbocycles. The van der Waals surface area contributed by atoms with Crippen LogP contribution in [0.5, 0.6) is 5.75 Å². The van der Waals surface area contributed by atoms with Gasteiger partial charge in [0.1, 0.15) is 0 Å². The summed E-state index contributed by atoms with van der Waals surface area (Å²) in [6, 6.07) is 8.84. The van der Waals surface area contributed by atoms with E-state index in [2.05, 4.69) is 53.2 Å². The topological polar surface area (TPSA) is 39.1 Å². The number of anilines is 1. The third-order valence-corrected chi connectivity index (χ3v) is 3.92. The van der Waals surface area contributed by atoms with E-state index in [1.165, 1.54) is 16.9 Å². The average molecular weight is 271 g/mol. The van der Waals surface area contributed by atoms with Crippen molar-refractivity contribution in [2.75, 3.05) is 19.0 Å². The number of hydrogen-bond acceptors (Lipinski definition) is 3. The Morgan fingerprint density at radius 1 is 1.35 bits per heavy atom. The number of para-hydroxylation sites is 1. The first-order valence-corrected chi connectivity index (χ1v) is 7.16. The molecule has 0 bridgehead atoms. The second-order valence-corrected chi connectivity index (χ2v) is 5.49. The van der Waals surface area contributed by atoms with Gasteiger partial charge in [0.2, 0.25) is 0 Å². The summed E-state index contributed by atoms with van der Waals surface area (Å²) in [6.45, 7) is 5.29. The van der Waals surface area contributed by atoms with E-state index in [1.54, 1.807) is 7.11 Å². The molecule has 1 aromatic heterocycles. The fourth-order valence-corrected chi connectivity index (χ4v) is 3.01. The number of fused-ring (bicyclic) bond motifs is 1. The molecule has 1 N–H and O–H groups in total. The van der Waals surface area contributed by atoms with Crippen molar-refractivity contribution in [3.05, 3.63) is 41.7 Å². The highest BCUT2D eigenvalue weighted by atomic mass is 16.5. The van der Waals surface area contributed by atoms with E-state index in [0.29, 0.717) is 12.0 Å². The molecule has 3 rings (SSSR count). The maximum Gasteiger partial charge on any atom is 0.160 e. The number of hydrogen-bond donors (Lipinski definition) is 1. The summed E-state index contributed by atoms with van der Waals surface area (Å²) >= 11 is 0. The van der Waals surface area contributed by atoms with Crippen molar-refractivity contribution in [1.82, 2.24) is 9.78 Å². The maximum absolute atomic E-state index is 5.54. The van der Waals surface area contributed by atoms with Gasteiger partial charge < -0.3 is 10.1 Å². The first-order valence-electron chi connectivity index (χ1n) is 7.16. The molecular formula is C16H21N3O. The minimum Gasteiger partial charge on any atom is -0.493 e. The van der Waals surface area contributed by atoms with Crippen LogP contribution in [0.15, 0.2) is 30.5 Å². The van der Waals surface area contributed by atoms with Gasteiger partial charge in [0.25, 0.3) is 0 Å². The highest BCUT2D eigenvalue weighted by molar-refractivity contribution is 5.57. The predicted octanol–water partition coefficient (Wildman–Crippen LogP) is 3.42. The molecule has 4 heteroatoms. The molecule has 1 unspecified atom stereocenters. The van der Waals surface area contributed by atoms with Gasteiger partial charge >= 0.3 is 0 Å². The van der Waals surface area contributed by atoms with Crippen molar-refractivity contribution in [3.8, 4) is 5.75 Å². The molecule has 4 nitrogen and oxygen atoms in total. The molecule has 1 aliphatic rings. The Bertz CT molecular complexity index is 604. The third-order valence-electron chi connectivity index (χ3n) is 3.92. The highest BCUT2D eigenvalue weighted by Crippen LogP contribution is 2.40. The summed E-state index contributed by atoms with van der Waals surface area (Å²) in [4.78, 5) is 0. The van der Waals surface area contributed by atoms with Crippen LogP contribution < -0.4 is 10.1 Å². The van der Waals surface area contributed by atoms with Crippen molar-refractivity contribution >= 4 is 5.69 Å². The molecule has 0 saturated carbocycles. The number of benzene rings is 1. The number of rotatable bonds is 3. The zero-order valence-electron chi connectivity index (χ0n) is 12.3. The van der Waals surface area contributed by atoms with Gasteiger partial charge in [0, 0.05) is 24.2 Å². The van der Waals surface area contributed by atoms with Gasteiger partial charge in [-0.25, -0.2) is 0 Å². The number of nitrogens with one attached hydrogen (secondary N) is 1. The van der Waals surface area contributed by atoms with E-state index in [-0.39, 0.29) is 0 Å². The molecule has 1 aromatic carbocycles. The molecule has 106 valence electrons. The van der Waals surface area contributed by atoms with Crippen LogP contribution in [0.4, 0.5) is 5.69 Å². The van der Waals surface area contributed by atoms with Crippen molar-refractivity contribution in [2.24, 2.45) is 0 Å². The van der Waals surface area contributed by atoms with Crippen LogP contribution in [-0.4, -0.2) is 23.4 Å². The van der Waals surface area contributed by atoms with Crippen LogP contribution in [0.25, 0.3) is 0 Å². The number of ether oxygens (including phenoxy) is 1. The minimum atomic E-state index is 0.330. The lowest BCUT2D eigenvalue weighted by Crippen LogP contribution is -2.21. The van der Waals surface area contributed by atoms with Crippen molar-refractivity contribution in [1.29, 1.82) is 0 Å². The smallest absolute Gasteiger partial charge is 0.160 e. The lowest BCUT2D eigenvalue weighted by molar-refractivity contribution is 0.398. The monoisotopic (exact) mass is 271 g/mol. The third kappa shape index (κ3) is 2.05. The van der Waals surface area contributed by atoms with Gasteiger partial charge in [-0.1, -0.05) is 18.2 Å². The van der Waals surface area contributed by atoms with Crippen LogP contribution in [0.1, 0.15) is 43.5 Å². The van der Waals surface area contributed by atoms with E-state index in [1.807, 2.05) is 6.20 Å². The molecule has 1 atom stereocenters. The Morgan fingerprint density at radius 2 is 2.15 bits per heavy atom. The molecule has 0 fully saturated rings. The summed E-state index contributed by atoms with van der Waals surface area (Å²) in [5.74, 6) is 1.23. The Balaban J connectivity index is 2.12. The second kappa shape index (κ2) is 5.19. The molecule has 2 aromatic rings. The fourth-order valence-electron chi connectivity index (χ4n) is 3.01. The van der Waals surface area contributed by atoms with E-state index in [0.717, 1.165) is 18.7 Å². The quantitative estimate of drug-likeness (QED) is 0.929. The predicted molar refractivity (Wildman–Crippen MR) is 80.6 cm³/mol. The summed E-state index contributed by atoms with van der Waals surface area (Å²) in [5, 5.41) is 7.98. The Hall–Kier alpha value is -1.97. The number of methoxy groups -OCH3 is 1. The van der Waals surface area contributed by atoms with Crippen LogP contribution in [-0.2, 0) is 0 Å². The second-order valence-electron chi connectivity index (χ2n) is 5.49. The molecule has 0 amide bonds. The van der Waals surface area contributed by atoms with Gasteiger partial charge in [-0.15, -0.1) is 0 Å². The SMILES string of the molecule is COc1cnn(C(C)C)c1C1CCNc2ccccc21. The lowest BCUT2D eigenvalue weighted by atomic mass is 9.88. The van der Waals surface area contributed by atoms with E-state index < -0.39 is 0 Å². The van der Waals surface area contributed by atoms with Crippen LogP contribution in [0.3, 0.4) is 0 Å². The van der Waals surface area contributed by atoms with Gasteiger partial charge in [-0.3, -0.25) is 4.68 Å². The summed E-state index contributed by atoms with van der Waals surface area (Å²) in [7, 11) is 1.72. The highest BCUT2D eigenvalue weighted by Gasteiger charge is 2.28. The zero-order chi connectivity index (χ0) is 14.1. The summed E-state index contributed by atoms with van der Waals surface area (Å²) < 4.78 is 7.63. The van der Waals surface area contributed by atoms with Gasteiger partial charge in [0.05, 0.1) is 19.0 Å². The maximum atomic E-state index is 5.54. The largest absolute Gasteiger partial charge is 0.493 e. The molecule has 0 saturated heterocycles. The van der Waals surface area contributed by atoms with Crippen molar-refractivity contribution in [3.63, 3.8) is 0 Å². The van der Waals surface area contributed by atoms with Crippen LogP contribution in [0.2, 0.25) is 0 Å². The first kappa shape index (κ1) is 13.0. The number of aromatic nitrogens is 2. The van der Waals surface area contributed by atoms with E-state index >= 15 is 0 Å². The van der Waals surface area contributed by atoms with E-state index in [4.69, 9.17) is 4.74 Å². The molecule has 20 heavy (non-hydrogen) atoms. The standard InChI is InChI=1S/C16H21N3O/c1-11(2)19-16(15(20-3)10-18-19)13-8-9-17-14-7-5-4-6-12(13)14/h4-7,10-11,13,17H,8-9H2,1-3H3. The van der Waals surface area contributed by atoms with Crippen LogP contribution in [0, 0.1) is 0 Å². The first-order chi connectivity index (χ1) is 9.72. The lowest BCUT2D eigenvalue weighted by Gasteiger charge is -2.28. The number of nitrogens with zero attached hydrogens (tertiary/aromatic N) is 2. The molecule has 1 aliphatic heterocycles. The summed E-state index contributed by atoms with van der Waals surface area (Å²) in [5.41, 5.74) is 3.75. The van der Waals surface area contributed by atoms with Crippen LogP contribution >= 0.6 is 0 Å². The normalized spacial score (nSPS) is 17.7. The average Bonchev–Trinajstić information content (AvgIpc) is 2.90. The fraction of sp³-hybridized carbons (Fsp3) is 0.438.